The molecule has 0 amide bonds. The number of carboxylic acids is 1. The van der Waals surface area contributed by atoms with E-state index in [0.29, 0.717) is 5.75 Å². The average molecular weight is 299 g/mol. The Morgan fingerprint density at radius 1 is 1.41 bits per heavy atom. The van der Waals surface area contributed by atoms with Crippen molar-refractivity contribution in [3.05, 3.63) is 27.7 Å². The number of carboxylic acid groups (broad SMARTS) is 1. The number of benzene rings is 1. The molecule has 2 rings (SSSR count). The number of carbonyl (C=O) groups is 1. The van der Waals surface area contributed by atoms with E-state index >= 15 is 0 Å². The molecule has 17 heavy (non-hydrogen) atoms. The van der Waals surface area contributed by atoms with Crippen molar-refractivity contribution >= 4 is 21.9 Å². The summed E-state index contributed by atoms with van der Waals surface area (Å²) in [7, 11) is 0. The van der Waals surface area contributed by atoms with Gasteiger partial charge >= 0.3 is 5.97 Å². The molecule has 0 atom stereocenters. The molecule has 4 heteroatoms. The van der Waals surface area contributed by atoms with E-state index in [1.165, 1.54) is 12.8 Å². The van der Waals surface area contributed by atoms with Crippen LogP contribution in [-0.4, -0.2) is 17.2 Å². The topological polar surface area (TPSA) is 46.5 Å². The summed E-state index contributed by atoms with van der Waals surface area (Å²) in [5.41, 5.74) is 1.10. The van der Waals surface area contributed by atoms with Crippen LogP contribution in [0.4, 0.5) is 0 Å². The first-order chi connectivity index (χ1) is 8.08. The third kappa shape index (κ3) is 2.80. The predicted molar refractivity (Wildman–Crippen MR) is 68.7 cm³/mol. The van der Waals surface area contributed by atoms with Crippen LogP contribution in [0.15, 0.2) is 16.6 Å². The second kappa shape index (κ2) is 5.08. The van der Waals surface area contributed by atoms with Crippen molar-refractivity contribution in [3.63, 3.8) is 0 Å². The van der Waals surface area contributed by atoms with Crippen LogP contribution < -0.4 is 4.74 Å². The Balaban J connectivity index is 2.33. The van der Waals surface area contributed by atoms with Gasteiger partial charge in [-0.1, -0.05) is 15.9 Å². The number of ether oxygens (including phenoxy) is 1. The van der Waals surface area contributed by atoms with Gasteiger partial charge in [0, 0.05) is 4.47 Å². The highest BCUT2D eigenvalue weighted by molar-refractivity contribution is 9.10. The van der Waals surface area contributed by atoms with Gasteiger partial charge in [-0.05, 0) is 50.3 Å². The Morgan fingerprint density at radius 2 is 2.06 bits per heavy atom. The minimum absolute atomic E-state index is 0.174. The summed E-state index contributed by atoms with van der Waals surface area (Å²) < 4.78 is 6.62. The molecule has 0 saturated heterocycles. The summed E-state index contributed by atoms with van der Waals surface area (Å²) in [6.45, 7) is 1.88. The van der Waals surface area contributed by atoms with E-state index in [-0.39, 0.29) is 11.7 Å². The maximum Gasteiger partial charge on any atom is 0.339 e. The molecule has 92 valence electrons. The molecule has 1 saturated carbocycles. The van der Waals surface area contributed by atoms with Gasteiger partial charge in [0.1, 0.15) is 11.3 Å². The minimum Gasteiger partial charge on any atom is -0.489 e. The summed E-state index contributed by atoms with van der Waals surface area (Å²) >= 11 is 3.31. The molecule has 0 heterocycles. The van der Waals surface area contributed by atoms with Crippen molar-refractivity contribution in [2.75, 3.05) is 0 Å². The van der Waals surface area contributed by atoms with Crippen LogP contribution in [-0.2, 0) is 0 Å². The molecule has 1 aromatic rings. The Hall–Kier alpha value is -1.03. The van der Waals surface area contributed by atoms with Gasteiger partial charge in [-0.2, -0.15) is 0 Å². The standard InChI is InChI=1S/C13H15BrO3/c1-8-6-9(14)7-11(13(15)16)12(8)17-10-4-2-3-5-10/h6-7,10H,2-5H2,1H3,(H,15,16). The molecule has 0 aliphatic heterocycles. The lowest BCUT2D eigenvalue weighted by atomic mass is 10.1. The summed E-state index contributed by atoms with van der Waals surface area (Å²) in [4.78, 5) is 11.2. The van der Waals surface area contributed by atoms with E-state index in [1.807, 2.05) is 13.0 Å². The van der Waals surface area contributed by atoms with E-state index in [2.05, 4.69) is 15.9 Å². The quantitative estimate of drug-likeness (QED) is 0.924. The van der Waals surface area contributed by atoms with Gasteiger partial charge in [0.2, 0.25) is 0 Å². The molecule has 1 aromatic carbocycles. The fraction of sp³-hybridized carbons (Fsp3) is 0.462. The van der Waals surface area contributed by atoms with Crippen molar-refractivity contribution in [3.8, 4) is 5.75 Å². The first-order valence-corrected chi connectivity index (χ1v) is 6.57. The van der Waals surface area contributed by atoms with Crippen LogP contribution in [0.25, 0.3) is 0 Å². The molecule has 1 aliphatic rings. The smallest absolute Gasteiger partial charge is 0.339 e. The monoisotopic (exact) mass is 298 g/mol. The van der Waals surface area contributed by atoms with Crippen molar-refractivity contribution in [2.24, 2.45) is 0 Å². The highest BCUT2D eigenvalue weighted by Gasteiger charge is 2.21. The Bertz CT molecular complexity index is 437. The fourth-order valence-electron chi connectivity index (χ4n) is 2.22. The summed E-state index contributed by atoms with van der Waals surface area (Å²) in [5, 5.41) is 9.19. The number of aryl methyl sites for hydroxylation is 1. The molecule has 0 radical (unpaired) electrons. The molecule has 0 aromatic heterocycles. The second-order valence-corrected chi connectivity index (χ2v) is 5.34. The van der Waals surface area contributed by atoms with Crippen LogP contribution in [0.1, 0.15) is 41.6 Å². The van der Waals surface area contributed by atoms with Crippen molar-refractivity contribution < 1.29 is 14.6 Å². The molecular weight excluding hydrogens is 284 g/mol. The Morgan fingerprint density at radius 3 is 2.65 bits per heavy atom. The van der Waals surface area contributed by atoms with Crippen LogP contribution in [0, 0.1) is 6.92 Å². The predicted octanol–water partition coefficient (Wildman–Crippen LogP) is 3.78. The summed E-state index contributed by atoms with van der Waals surface area (Å²) in [6, 6.07) is 3.48. The Kier molecular flexibility index (Phi) is 3.72. The van der Waals surface area contributed by atoms with E-state index in [0.717, 1.165) is 22.9 Å². The molecule has 0 bridgehead atoms. The third-order valence-electron chi connectivity index (χ3n) is 3.06. The fourth-order valence-corrected chi connectivity index (χ4v) is 2.79. The highest BCUT2D eigenvalue weighted by Crippen LogP contribution is 2.32. The molecule has 0 unspecified atom stereocenters. The lowest BCUT2D eigenvalue weighted by Gasteiger charge is -2.17. The molecule has 3 nitrogen and oxygen atoms in total. The van der Waals surface area contributed by atoms with Crippen LogP contribution in [0.5, 0.6) is 5.75 Å². The number of hydrogen-bond acceptors (Lipinski definition) is 2. The van der Waals surface area contributed by atoms with Gasteiger partial charge in [-0.15, -0.1) is 0 Å². The van der Waals surface area contributed by atoms with Crippen LogP contribution in [0.2, 0.25) is 0 Å². The van der Waals surface area contributed by atoms with Gasteiger partial charge in [0.25, 0.3) is 0 Å². The van der Waals surface area contributed by atoms with E-state index in [4.69, 9.17) is 4.74 Å². The summed E-state index contributed by atoms with van der Waals surface area (Å²) in [5.74, 6) is -0.421. The lowest BCUT2D eigenvalue weighted by molar-refractivity contribution is 0.0689. The average Bonchev–Trinajstić information content (AvgIpc) is 2.74. The van der Waals surface area contributed by atoms with Crippen molar-refractivity contribution in [1.29, 1.82) is 0 Å². The molecule has 1 fully saturated rings. The van der Waals surface area contributed by atoms with E-state index in [1.54, 1.807) is 6.07 Å². The number of hydrogen-bond donors (Lipinski definition) is 1. The number of rotatable bonds is 3. The first kappa shape index (κ1) is 12.4. The molecule has 1 aliphatic carbocycles. The zero-order valence-corrected chi connectivity index (χ0v) is 11.3. The molecule has 1 N–H and O–H groups in total. The minimum atomic E-state index is -0.942. The highest BCUT2D eigenvalue weighted by atomic mass is 79.9. The number of halogens is 1. The maximum atomic E-state index is 11.2. The van der Waals surface area contributed by atoms with Gasteiger partial charge in [0.15, 0.2) is 0 Å². The van der Waals surface area contributed by atoms with Gasteiger partial charge in [0.05, 0.1) is 6.10 Å². The second-order valence-electron chi connectivity index (χ2n) is 4.43. The normalized spacial score (nSPS) is 16.1. The van der Waals surface area contributed by atoms with Gasteiger partial charge in [-0.25, -0.2) is 4.79 Å². The van der Waals surface area contributed by atoms with Crippen LogP contribution >= 0.6 is 15.9 Å². The van der Waals surface area contributed by atoms with Gasteiger partial charge < -0.3 is 9.84 Å². The summed E-state index contributed by atoms with van der Waals surface area (Å²) in [6.07, 6.45) is 4.56. The Labute approximate surface area is 109 Å². The van der Waals surface area contributed by atoms with Gasteiger partial charge in [-0.3, -0.25) is 0 Å². The maximum absolute atomic E-state index is 11.2. The van der Waals surface area contributed by atoms with Crippen molar-refractivity contribution in [2.45, 2.75) is 38.7 Å². The van der Waals surface area contributed by atoms with E-state index < -0.39 is 5.97 Å². The van der Waals surface area contributed by atoms with Crippen LogP contribution in [0.3, 0.4) is 0 Å². The molecule has 0 spiro atoms. The SMILES string of the molecule is Cc1cc(Br)cc(C(=O)O)c1OC1CCCC1. The van der Waals surface area contributed by atoms with E-state index in [9.17, 15) is 9.90 Å². The lowest BCUT2D eigenvalue weighted by Crippen LogP contribution is -2.14. The van der Waals surface area contributed by atoms with Crippen molar-refractivity contribution in [1.82, 2.24) is 0 Å². The third-order valence-corrected chi connectivity index (χ3v) is 3.51. The first-order valence-electron chi connectivity index (χ1n) is 5.78. The zero-order chi connectivity index (χ0) is 12.4. The largest absolute Gasteiger partial charge is 0.489 e. The zero-order valence-electron chi connectivity index (χ0n) is 9.70. The molecular formula is C13H15BrO3. The number of aromatic carboxylic acids is 1.